The van der Waals surface area contributed by atoms with Crippen LogP contribution in [0.4, 0.5) is 0 Å². The number of hydrogen-bond acceptors (Lipinski definition) is 2. The van der Waals surface area contributed by atoms with Crippen molar-refractivity contribution >= 4 is 12.0 Å². The van der Waals surface area contributed by atoms with Crippen molar-refractivity contribution in [1.29, 1.82) is 5.26 Å². The van der Waals surface area contributed by atoms with Gasteiger partial charge in [0, 0.05) is 23.2 Å². The van der Waals surface area contributed by atoms with Gasteiger partial charge in [-0.05, 0) is 35.8 Å². The number of nitrogens with zero attached hydrogens (tertiary/aromatic N) is 2. The van der Waals surface area contributed by atoms with Crippen molar-refractivity contribution in [3.63, 3.8) is 0 Å². The van der Waals surface area contributed by atoms with Crippen LogP contribution in [0.3, 0.4) is 0 Å². The summed E-state index contributed by atoms with van der Waals surface area (Å²) in [5, 5.41) is 10.6. The van der Waals surface area contributed by atoms with Crippen LogP contribution in [-0.4, -0.2) is 10.8 Å². The van der Waals surface area contributed by atoms with E-state index in [1.807, 2.05) is 78.9 Å². The number of hydrogen-bond donors (Lipinski definition) is 0. The smallest absolute Gasteiger partial charge is 0.259 e. The predicted molar refractivity (Wildman–Crippen MR) is 115 cm³/mol. The first-order valence-electron chi connectivity index (χ1n) is 9.85. The molecule has 3 nitrogen and oxygen atoms in total. The van der Waals surface area contributed by atoms with Crippen molar-refractivity contribution in [2.75, 3.05) is 0 Å². The Morgan fingerprint density at radius 2 is 1.59 bits per heavy atom. The number of fused-ring (bicyclic) bond motifs is 1. The van der Waals surface area contributed by atoms with E-state index in [4.69, 9.17) is 0 Å². The second-order valence-electron chi connectivity index (χ2n) is 7.19. The van der Waals surface area contributed by atoms with E-state index >= 15 is 0 Å². The highest BCUT2D eigenvalue weighted by Crippen LogP contribution is 2.48. The monoisotopic (exact) mass is 378 g/mol. The molecule has 1 aliphatic rings. The Balaban J connectivity index is 1.96. The van der Waals surface area contributed by atoms with Crippen LogP contribution in [0.15, 0.2) is 91.1 Å². The van der Waals surface area contributed by atoms with E-state index < -0.39 is 5.54 Å². The molecule has 142 valence electrons. The van der Waals surface area contributed by atoms with E-state index in [0.717, 1.165) is 23.1 Å². The number of benzene rings is 3. The predicted octanol–water partition coefficient (Wildman–Crippen LogP) is 5.73. The average Bonchev–Trinajstić information content (AvgIpc) is 2.80. The summed E-state index contributed by atoms with van der Waals surface area (Å²) < 4.78 is 0. The Morgan fingerprint density at radius 3 is 2.24 bits per heavy atom. The van der Waals surface area contributed by atoms with Gasteiger partial charge in [-0.15, -0.1) is 0 Å². The molecule has 0 saturated heterocycles. The van der Waals surface area contributed by atoms with Crippen LogP contribution < -0.4 is 0 Å². The van der Waals surface area contributed by atoms with E-state index in [-0.39, 0.29) is 11.8 Å². The molecule has 3 aromatic rings. The van der Waals surface area contributed by atoms with Crippen molar-refractivity contribution in [3.05, 3.63) is 113 Å². The fraction of sp³-hybridized carbons (Fsp3) is 0.154. The summed E-state index contributed by atoms with van der Waals surface area (Å²) >= 11 is 0. The molecule has 0 saturated carbocycles. The second-order valence-corrected chi connectivity index (χ2v) is 7.19. The highest BCUT2D eigenvalue weighted by Gasteiger charge is 2.50. The molecule has 0 spiro atoms. The fourth-order valence-corrected chi connectivity index (χ4v) is 4.34. The standard InChI is InChI=1S/C26H22N2O/c1-2-23(20-11-5-3-6-12-20)26(19-27)24-16-10-9-13-21(24)17-18-28(26)25(29)22-14-7-4-8-15-22/h3-18,23H,2H2,1H3/t23-,26+/m1/s1. The van der Waals surface area contributed by atoms with Crippen molar-refractivity contribution in [3.8, 4) is 6.07 Å². The molecule has 1 aliphatic heterocycles. The first-order valence-corrected chi connectivity index (χ1v) is 9.85. The third kappa shape index (κ3) is 3.03. The zero-order chi connectivity index (χ0) is 20.3. The van der Waals surface area contributed by atoms with E-state index in [9.17, 15) is 10.1 Å². The lowest BCUT2D eigenvalue weighted by Crippen LogP contribution is -2.51. The molecule has 0 radical (unpaired) electrons. The minimum atomic E-state index is -1.13. The van der Waals surface area contributed by atoms with E-state index in [2.05, 4.69) is 13.0 Å². The van der Waals surface area contributed by atoms with E-state index in [1.54, 1.807) is 23.2 Å². The van der Waals surface area contributed by atoms with Gasteiger partial charge in [0.15, 0.2) is 5.54 Å². The molecule has 2 atom stereocenters. The van der Waals surface area contributed by atoms with Crippen molar-refractivity contribution < 1.29 is 4.79 Å². The molecule has 3 aromatic carbocycles. The van der Waals surface area contributed by atoms with E-state index in [0.29, 0.717) is 5.56 Å². The molecule has 0 fully saturated rings. The maximum atomic E-state index is 13.6. The summed E-state index contributed by atoms with van der Waals surface area (Å²) in [5.74, 6) is -0.347. The first-order chi connectivity index (χ1) is 14.2. The molecule has 3 heteroatoms. The summed E-state index contributed by atoms with van der Waals surface area (Å²) in [6.45, 7) is 2.07. The van der Waals surface area contributed by atoms with Gasteiger partial charge in [0.25, 0.3) is 5.91 Å². The molecule has 0 unspecified atom stereocenters. The second kappa shape index (κ2) is 7.77. The molecule has 1 heterocycles. The fourth-order valence-electron chi connectivity index (χ4n) is 4.34. The van der Waals surface area contributed by atoms with Gasteiger partial charge in [0.2, 0.25) is 0 Å². The van der Waals surface area contributed by atoms with Gasteiger partial charge in [0.05, 0.1) is 6.07 Å². The molecule has 1 amide bonds. The Hall–Kier alpha value is -3.64. The summed E-state index contributed by atoms with van der Waals surface area (Å²) in [4.78, 5) is 15.2. The topological polar surface area (TPSA) is 44.1 Å². The Morgan fingerprint density at radius 1 is 0.966 bits per heavy atom. The van der Waals surface area contributed by atoms with Crippen LogP contribution in [0.2, 0.25) is 0 Å². The average molecular weight is 378 g/mol. The maximum absolute atomic E-state index is 13.6. The lowest BCUT2D eigenvalue weighted by Gasteiger charge is -2.45. The highest BCUT2D eigenvalue weighted by molar-refractivity contribution is 5.97. The van der Waals surface area contributed by atoms with E-state index in [1.165, 1.54) is 0 Å². The molecule has 0 aromatic heterocycles. The van der Waals surface area contributed by atoms with Crippen LogP contribution in [0.25, 0.3) is 6.08 Å². The van der Waals surface area contributed by atoms with Crippen LogP contribution in [-0.2, 0) is 5.54 Å². The summed E-state index contributed by atoms with van der Waals surface area (Å²) in [6, 6.07) is 29.6. The minimum absolute atomic E-state index is 0.174. The lowest BCUT2D eigenvalue weighted by molar-refractivity contribution is 0.0652. The number of rotatable bonds is 4. The normalized spacial score (nSPS) is 18.6. The van der Waals surface area contributed by atoms with Crippen LogP contribution in [0.5, 0.6) is 0 Å². The zero-order valence-corrected chi connectivity index (χ0v) is 16.3. The number of carbonyl (C=O) groups excluding carboxylic acids is 1. The SMILES string of the molecule is CC[C@H](c1ccccc1)[C@@]1(C#N)c2ccccc2C=CN1C(=O)c1ccccc1. The molecule has 0 bridgehead atoms. The largest absolute Gasteiger partial charge is 0.291 e. The number of nitriles is 1. The van der Waals surface area contributed by atoms with Gasteiger partial charge in [-0.3, -0.25) is 9.69 Å². The quantitative estimate of drug-likeness (QED) is 0.582. The van der Waals surface area contributed by atoms with Gasteiger partial charge in [0.1, 0.15) is 0 Å². The molecular weight excluding hydrogens is 356 g/mol. The highest BCUT2D eigenvalue weighted by atomic mass is 16.2. The molecule has 0 aliphatic carbocycles. The van der Waals surface area contributed by atoms with Gasteiger partial charge >= 0.3 is 0 Å². The Labute approximate surface area is 171 Å². The van der Waals surface area contributed by atoms with Gasteiger partial charge in [-0.2, -0.15) is 5.26 Å². The van der Waals surface area contributed by atoms with Crippen LogP contribution in [0, 0.1) is 11.3 Å². The minimum Gasteiger partial charge on any atom is -0.291 e. The summed E-state index contributed by atoms with van der Waals surface area (Å²) in [6.07, 6.45) is 4.41. The Bertz CT molecular complexity index is 1080. The first kappa shape index (κ1) is 18.7. The number of amides is 1. The van der Waals surface area contributed by atoms with Crippen molar-refractivity contribution in [2.45, 2.75) is 24.8 Å². The third-order valence-corrected chi connectivity index (χ3v) is 5.68. The lowest BCUT2D eigenvalue weighted by atomic mass is 9.70. The molecule has 29 heavy (non-hydrogen) atoms. The van der Waals surface area contributed by atoms with Gasteiger partial charge < -0.3 is 0 Å². The molecule has 4 rings (SSSR count). The molecular formula is C26H22N2O. The zero-order valence-electron chi connectivity index (χ0n) is 16.3. The summed E-state index contributed by atoms with van der Waals surface area (Å²) in [5.41, 5.74) is 2.33. The summed E-state index contributed by atoms with van der Waals surface area (Å²) in [7, 11) is 0. The van der Waals surface area contributed by atoms with Crippen LogP contribution in [0.1, 0.15) is 46.3 Å². The van der Waals surface area contributed by atoms with Gasteiger partial charge in [-0.25, -0.2) is 0 Å². The third-order valence-electron chi connectivity index (χ3n) is 5.68. The number of carbonyl (C=O) groups is 1. The van der Waals surface area contributed by atoms with Crippen LogP contribution >= 0.6 is 0 Å². The van der Waals surface area contributed by atoms with Crippen molar-refractivity contribution in [1.82, 2.24) is 4.90 Å². The van der Waals surface area contributed by atoms with Gasteiger partial charge in [-0.1, -0.05) is 79.7 Å². The Kier molecular flexibility index (Phi) is 5.01. The van der Waals surface area contributed by atoms with Crippen molar-refractivity contribution in [2.24, 2.45) is 0 Å². The molecule has 0 N–H and O–H groups in total. The maximum Gasteiger partial charge on any atom is 0.259 e.